The normalized spacial score (nSPS) is 14.6. The summed E-state index contributed by atoms with van der Waals surface area (Å²) in [5.41, 5.74) is 2.71. The number of carbonyl (C=O) groups is 2. The highest BCUT2D eigenvalue weighted by molar-refractivity contribution is 7.16. The summed E-state index contributed by atoms with van der Waals surface area (Å²) in [6.45, 7) is 3.12. The van der Waals surface area contributed by atoms with Crippen molar-refractivity contribution in [2.75, 3.05) is 25.1 Å². The van der Waals surface area contributed by atoms with Gasteiger partial charge in [0.25, 0.3) is 5.91 Å². The zero-order valence-corrected chi connectivity index (χ0v) is 16.7. The molecule has 0 atom stereocenters. The first-order valence-electron chi connectivity index (χ1n) is 9.30. The third-order valence-corrected chi connectivity index (χ3v) is 5.98. The maximum atomic E-state index is 12.8. The molecule has 1 aromatic carbocycles. The van der Waals surface area contributed by atoms with E-state index in [0.717, 1.165) is 21.8 Å². The van der Waals surface area contributed by atoms with Gasteiger partial charge in [0.2, 0.25) is 0 Å². The van der Waals surface area contributed by atoms with Gasteiger partial charge in [-0.1, -0.05) is 18.2 Å². The molecule has 0 bridgehead atoms. The Labute approximate surface area is 172 Å². The number of ether oxygens (including phenoxy) is 2. The Balaban J connectivity index is 1.55. The first-order chi connectivity index (χ1) is 14.1. The van der Waals surface area contributed by atoms with Crippen LogP contribution in [0.25, 0.3) is 6.08 Å². The fourth-order valence-electron chi connectivity index (χ4n) is 3.41. The van der Waals surface area contributed by atoms with E-state index < -0.39 is 0 Å². The van der Waals surface area contributed by atoms with Crippen molar-refractivity contribution < 1.29 is 19.1 Å². The average molecular weight is 409 g/mol. The first-order valence-corrected chi connectivity index (χ1v) is 10.1. The highest BCUT2D eigenvalue weighted by Gasteiger charge is 2.28. The minimum atomic E-state index is -0.362. The molecule has 0 radical (unpaired) electrons. The van der Waals surface area contributed by atoms with Gasteiger partial charge in [0.1, 0.15) is 23.4 Å². The zero-order valence-electron chi connectivity index (χ0n) is 15.9. The maximum Gasteiger partial charge on any atom is 0.410 e. The van der Waals surface area contributed by atoms with Crippen LogP contribution in [0.15, 0.2) is 29.8 Å². The summed E-state index contributed by atoms with van der Waals surface area (Å²) in [5.74, 6) is 0.448. The van der Waals surface area contributed by atoms with Crippen LogP contribution in [-0.2, 0) is 22.5 Å². The minimum absolute atomic E-state index is 0.173. The van der Waals surface area contributed by atoms with Crippen LogP contribution in [0.3, 0.4) is 0 Å². The van der Waals surface area contributed by atoms with Gasteiger partial charge in [0, 0.05) is 17.0 Å². The molecule has 8 heteroatoms. The molecule has 148 valence electrons. The first kappa shape index (κ1) is 19.0. The predicted octanol–water partition coefficient (Wildman–Crippen LogP) is 3.55. The fraction of sp³-hybridized carbons (Fsp3) is 0.286. The molecule has 2 amide bonds. The molecule has 4 rings (SSSR count). The number of hydrogen-bond donors (Lipinski definition) is 1. The van der Waals surface area contributed by atoms with E-state index in [-0.39, 0.29) is 18.6 Å². The Hall–Kier alpha value is -3.31. The third-order valence-electron chi connectivity index (χ3n) is 4.85. The number of nitriles is 1. The summed E-state index contributed by atoms with van der Waals surface area (Å²) in [4.78, 5) is 27.3. The molecular formula is C21H19N3O4S. The van der Waals surface area contributed by atoms with Gasteiger partial charge in [0.05, 0.1) is 24.3 Å². The van der Waals surface area contributed by atoms with Crippen molar-refractivity contribution in [3.8, 4) is 11.8 Å². The zero-order chi connectivity index (χ0) is 20.4. The molecule has 2 aromatic rings. The van der Waals surface area contributed by atoms with Crippen molar-refractivity contribution >= 4 is 34.4 Å². The molecule has 29 heavy (non-hydrogen) atoms. The quantitative estimate of drug-likeness (QED) is 0.837. The standard InChI is InChI=1S/C21H19N3O4S/c1-2-27-21(26)24-8-7-15-16(10-22)20(29-18(15)11-24)23-19(25)14-9-13-5-3-4-6-17(13)28-12-14/h3-6,9H,2,7-8,11-12H2,1H3,(H,23,25). The molecule has 0 fully saturated rings. The van der Waals surface area contributed by atoms with Gasteiger partial charge < -0.3 is 19.7 Å². The number of fused-ring (bicyclic) bond motifs is 2. The van der Waals surface area contributed by atoms with Gasteiger partial charge in [-0.25, -0.2) is 4.79 Å². The molecule has 1 N–H and O–H groups in total. The summed E-state index contributed by atoms with van der Waals surface area (Å²) in [6.07, 6.45) is 2.00. The lowest BCUT2D eigenvalue weighted by molar-refractivity contribution is -0.113. The largest absolute Gasteiger partial charge is 0.488 e. The smallest absolute Gasteiger partial charge is 0.410 e. The lowest BCUT2D eigenvalue weighted by Crippen LogP contribution is -2.35. The van der Waals surface area contributed by atoms with Crippen molar-refractivity contribution in [1.82, 2.24) is 4.90 Å². The second-order valence-corrected chi connectivity index (χ2v) is 7.75. The van der Waals surface area contributed by atoms with Crippen LogP contribution in [0.1, 0.15) is 28.5 Å². The van der Waals surface area contributed by atoms with Gasteiger partial charge >= 0.3 is 6.09 Å². The van der Waals surface area contributed by atoms with Crippen LogP contribution in [0.2, 0.25) is 0 Å². The van der Waals surface area contributed by atoms with E-state index in [1.807, 2.05) is 24.3 Å². The molecule has 0 unspecified atom stereocenters. The molecule has 7 nitrogen and oxygen atoms in total. The number of rotatable bonds is 3. The molecule has 0 saturated heterocycles. The number of para-hydroxylation sites is 1. The number of benzene rings is 1. The number of carbonyl (C=O) groups excluding carboxylic acids is 2. The topological polar surface area (TPSA) is 91.7 Å². The van der Waals surface area contributed by atoms with E-state index in [4.69, 9.17) is 9.47 Å². The second-order valence-electron chi connectivity index (χ2n) is 6.64. The Morgan fingerprint density at radius 1 is 1.38 bits per heavy atom. The highest BCUT2D eigenvalue weighted by Crippen LogP contribution is 2.37. The van der Waals surface area contributed by atoms with Crippen molar-refractivity contribution in [3.63, 3.8) is 0 Å². The lowest BCUT2D eigenvalue weighted by Gasteiger charge is -2.25. The van der Waals surface area contributed by atoms with E-state index in [9.17, 15) is 14.9 Å². The number of amides is 2. The Kier molecular flexibility index (Phi) is 5.23. The molecule has 3 heterocycles. The van der Waals surface area contributed by atoms with E-state index in [1.165, 1.54) is 11.3 Å². The molecule has 1 aromatic heterocycles. The van der Waals surface area contributed by atoms with Gasteiger partial charge in [-0.2, -0.15) is 5.26 Å². The molecular weight excluding hydrogens is 390 g/mol. The third kappa shape index (κ3) is 3.69. The monoisotopic (exact) mass is 409 g/mol. The summed E-state index contributed by atoms with van der Waals surface area (Å²) >= 11 is 1.33. The van der Waals surface area contributed by atoms with E-state index in [2.05, 4.69) is 11.4 Å². The number of anilines is 1. The number of nitrogens with one attached hydrogen (secondary N) is 1. The summed E-state index contributed by atoms with van der Waals surface area (Å²) in [5, 5.41) is 13.0. The van der Waals surface area contributed by atoms with Crippen LogP contribution >= 0.6 is 11.3 Å². The van der Waals surface area contributed by atoms with Crippen molar-refractivity contribution in [2.24, 2.45) is 0 Å². The maximum absolute atomic E-state index is 12.8. The minimum Gasteiger partial charge on any atom is -0.488 e. The summed E-state index contributed by atoms with van der Waals surface area (Å²) < 4.78 is 10.7. The Morgan fingerprint density at radius 3 is 3.00 bits per heavy atom. The fourth-order valence-corrected chi connectivity index (χ4v) is 4.62. The second kappa shape index (κ2) is 7.97. The van der Waals surface area contributed by atoms with Crippen LogP contribution < -0.4 is 10.1 Å². The summed E-state index contributed by atoms with van der Waals surface area (Å²) in [6, 6.07) is 9.72. The van der Waals surface area contributed by atoms with Gasteiger partial charge in [-0.05, 0) is 31.1 Å². The molecule has 2 aliphatic rings. The Morgan fingerprint density at radius 2 is 2.21 bits per heavy atom. The van der Waals surface area contributed by atoms with Crippen LogP contribution in [0.4, 0.5) is 9.80 Å². The molecule has 2 aliphatic heterocycles. The van der Waals surface area contributed by atoms with Gasteiger partial charge in [-0.15, -0.1) is 11.3 Å². The van der Waals surface area contributed by atoms with Crippen LogP contribution in [0, 0.1) is 11.3 Å². The van der Waals surface area contributed by atoms with E-state index in [1.54, 1.807) is 17.9 Å². The van der Waals surface area contributed by atoms with E-state index >= 15 is 0 Å². The molecule has 0 saturated carbocycles. The van der Waals surface area contributed by atoms with Crippen LogP contribution in [0.5, 0.6) is 5.75 Å². The lowest BCUT2D eigenvalue weighted by atomic mass is 10.0. The van der Waals surface area contributed by atoms with E-state index in [0.29, 0.717) is 42.3 Å². The predicted molar refractivity (Wildman–Crippen MR) is 109 cm³/mol. The van der Waals surface area contributed by atoms with Crippen molar-refractivity contribution in [1.29, 1.82) is 5.26 Å². The SMILES string of the molecule is CCOC(=O)N1CCc2c(sc(NC(=O)C3=Cc4ccccc4OC3)c2C#N)C1. The van der Waals surface area contributed by atoms with Gasteiger partial charge in [0.15, 0.2) is 0 Å². The Bertz CT molecular complexity index is 1050. The average Bonchev–Trinajstić information content (AvgIpc) is 3.09. The molecule has 0 aliphatic carbocycles. The van der Waals surface area contributed by atoms with Crippen molar-refractivity contribution in [2.45, 2.75) is 19.9 Å². The number of nitrogens with zero attached hydrogens (tertiary/aromatic N) is 2. The summed E-state index contributed by atoms with van der Waals surface area (Å²) in [7, 11) is 0. The molecule has 0 spiro atoms. The highest BCUT2D eigenvalue weighted by atomic mass is 32.1. The van der Waals surface area contributed by atoms with Crippen LogP contribution in [-0.4, -0.2) is 36.7 Å². The number of thiophene rings is 1. The van der Waals surface area contributed by atoms with Crippen molar-refractivity contribution in [3.05, 3.63) is 51.4 Å². The number of hydrogen-bond acceptors (Lipinski definition) is 6. The van der Waals surface area contributed by atoms with Gasteiger partial charge in [-0.3, -0.25) is 4.79 Å².